The number of rotatable bonds is 9. The molecule has 0 aromatic rings. The van der Waals surface area contributed by atoms with Crippen molar-refractivity contribution in [1.29, 1.82) is 0 Å². The topological polar surface area (TPSA) is 127 Å². The van der Waals surface area contributed by atoms with E-state index in [0.29, 0.717) is 0 Å². The van der Waals surface area contributed by atoms with E-state index in [1.54, 1.807) is 13.8 Å². The number of carbonyl (C=O) groups is 2. The average Bonchev–Trinajstić information content (AvgIpc) is 2.79. The highest BCUT2D eigenvalue weighted by molar-refractivity contribution is 7.47. The molecule has 0 aromatic carbocycles. The second kappa shape index (κ2) is 8.89. The first-order valence-electron chi connectivity index (χ1n) is 7.23. The summed E-state index contributed by atoms with van der Waals surface area (Å²) in [6, 6.07) is 0. The normalized spacial score (nSPS) is 23.3. The van der Waals surface area contributed by atoms with Crippen LogP contribution < -0.4 is 0 Å². The lowest BCUT2D eigenvalue weighted by molar-refractivity contribution is -0.158. The van der Waals surface area contributed by atoms with Crippen molar-refractivity contribution in [3.8, 4) is 0 Å². The molecule has 0 radical (unpaired) electrons. The van der Waals surface area contributed by atoms with Crippen molar-refractivity contribution in [2.45, 2.75) is 45.7 Å². The van der Waals surface area contributed by atoms with Gasteiger partial charge in [0.25, 0.3) is 0 Å². The van der Waals surface area contributed by atoms with Crippen molar-refractivity contribution in [3.05, 3.63) is 0 Å². The van der Waals surface area contributed by atoms with E-state index in [1.807, 2.05) is 0 Å². The summed E-state index contributed by atoms with van der Waals surface area (Å²) >= 11 is 0. The Bertz CT molecular complexity index is 491. The lowest BCUT2D eigenvalue weighted by atomic mass is 10.4. The molecule has 1 fully saturated rings. The zero-order valence-electron chi connectivity index (χ0n) is 14.1. The fraction of sp³-hybridized carbons (Fsp3) is 0.846. The van der Waals surface area contributed by atoms with E-state index >= 15 is 0 Å². The third-order valence-electron chi connectivity index (χ3n) is 2.72. The molecule has 0 bridgehead atoms. The summed E-state index contributed by atoms with van der Waals surface area (Å²) in [7, 11) is -4.40. The summed E-state index contributed by atoms with van der Waals surface area (Å²) in [5.41, 5.74) is 0. The fourth-order valence-electron chi connectivity index (χ4n) is 1.80. The molecule has 1 aliphatic rings. The van der Waals surface area contributed by atoms with Gasteiger partial charge in [-0.2, -0.15) is 0 Å². The van der Waals surface area contributed by atoms with Gasteiger partial charge in [-0.3, -0.25) is 18.6 Å². The largest absolute Gasteiger partial charge is 0.472 e. The molecule has 1 saturated heterocycles. The highest BCUT2D eigenvalue weighted by atomic mass is 31.2. The van der Waals surface area contributed by atoms with Gasteiger partial charge in [0.05, 0.1) is 19.8 Å². The van der Waals surface area contributed by atoms with Crippen LogP contribution >= 0.6 is 7.82 Å². The highest BCUT2D eigenvalue weighted by Gasteiger charge is 2.35. The van der Waals surface area contributed by atoms with Crippen LogP contribution in [0, 0.1) is 0 Å². The van der Waals surface area contributed by atoms with Gasteiger partial charge in [0.15, 0.2) is 11.9 Å². The predicted octanol–water partition coefficient (Wildman–Crippen LogP) is 0.766. The maximum absolute atomic E-state index is 11.8. The van der Waals surface area contributed by atoms with Crippen molar-refractivity contribution in [2.75, 3.05) is 26.4 Å². The average molecular weight is 370 g/mol. The van der Waals surface area contributed by atoms with E-state index in [0.717, 1.165) is 6.92 Å². The number of hydrogen-bond donors (Lipinski definition) is 1. The van der Waals surface area contributed by atoms with Crippen molar-refractivity contribution < 1.29 is 47.0 Å². The zero-order valence-corrected chi connectivity index (χ0v) is 14.9. The Kier molecular flexibility index (Phi) is 7.78. The number of esters is 2. The van der Waals surface area contributed by atoms with Gasteiger partial charge in [0, 0.05) is 13.8 Å². The summed E-state index contributed by atoms with van der Waals surface area (Å²) < 4.78 is 41.6. The lowest BCUT2D eigenvalue weighted by Gasteiger charge is -2.20. The summed E-state index contributed by atoms with van der Waals surface area (Å²) in [5.74, 6) is -2.02. The van der Waals surface area contributed by atoms with E-state index in [4.69, 9.17) is 23.3 Å². The molecule has 140 valence electrons. The second-order valence-corrected chi connectivity index (χ2v) is 7.00. The Hall–Kier alpha value is -1.03. The van der Waals surface area contributed by atoms with Crippen molar-refractivity contribution in [3.63, 3.8) is 0 Å². The second-order valence-electron chi connectivity index (χ2n) is 5.54. The lowest BCUT2D eigenvalue weighted by Crippen LogP contribution is -2.28. The van der Waals surface area contributed by atoms with Gasteiger partial charge < -0.3 is 23.8 Å². The van der Waals surface area contributed by atoms with E-state index in [1.165, 1.54) is 6.92 Å². The molecule has 24 heavy (non-hydrogen) atoms. The van der Waals surface area contributed by atoms with Crippen LogP contribution in [0.15, 0.2) is 0 Å². The molecule has 0 aromatic heterocycles. The van der Waals surface area contributed by atoms with Gasteiger partial charge in [-0.05, 0) is 13.8 Å². The van der Waals surface area contributed by atoms with Gasteiger partial charge in [0.2, 0.25) is 0 Å². The SMILES string of the molecule is CC(=O)OC[C@H](COP(=O)(O)OCC1COC(C)(C)O1)OC(C)=O. The smallest absolute Gasteiger partial charge is 0.462 e. The first-order valence-corrected chi connectivity index (χ1v) is 8.73. The highest BCUT2D eigenvalue weighted by Crippen LogP contribution is 2.44. The predicted molar refractivity (Wildman–Crippen MR) is 78.8 cm³/mol. The first kappa shape index (κ1) is 21.0. The van der Waals surface area contributed by atoms with Crippen molar-refractivity contribution >= 4 is 19.8 Å². The van der Waals surface area contributed by atoms with Crippen LogP contribution in [-0.2, 0) is 42.1 Å². The summed E-state index contributed by atoms with van der Waals surface area (Å²) in [4.78, 5) is 31.4. The minimum atomic E-state index is -4.40. The fourth-order valence-corrected chi connectivity index (χ4v) is 2.58. The van der Waals surface area contributed by atoms with Gasteiger partial charge in [-0.15, -0.1) is 0 Å². The standard InChI is InChI=1S/C13H23O10P/c1-9(14)18-5-11(22-10(2)15)7-20-24(16,17)21-8-12-6-19-13(3,4)23-12/h11-12H,5-8H2,1-4H3,(H,16,17)/t11-,12?/m1/s1. The summed E-state index contributed by atoms with van der Waals surface area (Å²) in [6.45, 7) is 4.97. The Balaban J connectivity index is 2.41. The molecule has 1 rings (SSSR count). The van der Waals surface area contributed by atoms with E-state index in [9.17, 15) is 19.0 Å². The van der Waals surface area contributed by atoms with Gasteiger partial charge in [-0.1, -0.05) is 0 Å². The number of phosphoric ester groups is 1. The quantitative estimate of drug-likeness (QED) is 0.459. The third-order valence-corrected chi connectivity index (χ3v) is 3.67. The van der Waals surface area contributed by atoms with Crippen LogP contribution in [0.4, 0.5) is 0 Å². The van der Waals surface area contributed by atoms with Crippen LogP contribution in [-0.4, -0.2) is 61.3 Å². The Morgan fingerprint density at radius 1 is 1.25 bits per heavy atom. The van der Waals surface area contributed by atoms with Crippen LogP contribution in [0.2, 0.25) is 0 Å². The molecule has 0 saturated carbocycles. The molecule has 3 atom stereocenters. The third kappa shape index (κ3) is 8.72. The molecule has 1 aliphatic heterocycles. The minimum absolute atomic E-state index is 0.209. The summed E-state index contributed by atoms with van der Waals surface area (Å²) in [6.07, 6.45) is -1.53. The minimum Gasteiger partial charge on any atom is -0.462 e. The number of carbonyl (C=O) groups excluding carboxylic acids is 2. The van der Waals surface area contributed by atoms with Crippen molar-refractivity contribution in [2.24, 2.45) is 0 Å². The van der Waals surface area contributed by atoms with Crippen molar-refractivity contribution in [1.82, 2.24) is 0 Å². The Morgan fingerprint density at radius 3 is 2.42 bits per heavy atom. The van der Waals surface area contributed by atoms with Crippen LogP contribution in [0.5, 0.6) is 0 Å². The zero-order chi connectivity index (χ0) is 18.4. The molecular weight excluding hydrogens is 347 g/mol. The molecular formula is C13H23O10P. The number of phosphoric acid groups is 1. The van der Waals surface area contributed by atoms with E-state index in [-0.39, 0.29) is 19.8 Å². The summed E-state index contributed by atoms with van der Waals surface area (Å²) in [5, 5.41) is 0. The molecule has 0 aliphatic carbocycles. The van der Waals surface area contributed by atoms with Crippen LogP contribution in [0.1, 0.15) is 27.7 Å². The van der Waals surface area contributed by atoms with Gasteiger partial charge in [-0.25, -0.2) is 4.57 Å². The van der Waals surface area contributed by atoms with Crippen LogP contribution in [0.3, 0.4) is 0 Å². The molecule has 2 unspecified atom stereocenters. The molecule has 0 amide bonds. The molecule has 1 heterocycles. The van der Waals surface area contributed by atoms with E-state index in [2.05, 4.69) is 4.74 Å². The Morgan fingerprint density at radius 2 is 1.92 bits per heavy atom. The number of ether oxygens (including phenoxy) is 4. The molecule has 1 N–H and O–H groups in total. The first-order chi connectivity index (χ1) is 11.0. The number of hydrogen-bond acceptors (Lipinski definition) is 9. The van der Waals surface area contributed by atoms with Crippen LogP contribution in [0.25, 0.3) is 0 Å². The molecule has 0 spiro atoms. The van der Waals surface area contributed by atoms with Gasteiger partial charge >= 0.3 is 19.8 Å². The van der Waals surface area contributed by atoms with E-state index < -0.39 is 44.4 Å². The maximum atomic E-state index is 11.8. The Labute approximate surface area is 139 Å². The monoisotopic (exact) mass is 370 g/mol. The molecule has 10 nitrogen and oxygen atoms in total. The molecule has 11 heteroatoms. The maximum Gasteiger partial charge on any atom is 0.472 e. The van der Waals surface area contributed by atoms with Gasteiger partial charge in [0.1, 0.15) is 12.7 Å².